The smallest absolute Gasteiger partial charge is 0.407 e. The zero-order chi connectivity index (χ0) is 23.5. The lowest BCUT2D eigenvalue weighted by atomic mass is 9.98. The molecule has 1 atom stereocenters. The maximum atomic E-state index is 14.3. The van der Waals surface area contributed by atoms with Crippen molar-refractivity contribution in [3.05, 3.63) is 99.4 Å². The van der Waals surface area contributed by atoms with E-state index in [0.717, 1.165) is 40.5 Å². The van der Waals surface area contributed by atoms with E-state index in [1.807, 2.05) is 48.5 Å². The summed E-state index contributed by atoms with van der Waals surface area (Å²) in [6, 6.07) is 16.9. The van der Waals surface area contributed by atoms with Crippen molar-refractivity contribution in [2.24, 2.45) is 0 Å². The number of alkyl carbamates (subject to hydrolysis) is 1. The maximum absolute atomic E-state index is 14.3. The molecule has 1 amide bonds. The number of nitrogens with one attached hydrogen (secondary N) is 1. The number of aliphatic carboxylic acids is 1. The predicted octanol–water partition coefficient (Wildman–Crippen LogP) is 4.79. The Bertz CT molecular complexity index is 1200. The lowest BCUT2D eigenvalue weighted by molar-refractivity contribution is -0.385. The SMILES string of the molecule is O=C(O)C[C@H](NC(=O)OCC1c2ccccc2-c2ccccc21)c1cc([N+](=O)[O-])ccc1F. The Morgan fingerprint density at radius 2 is 1.67 bits per heavy atom. The Hall–Kier alpha value is -4.27. The van der Waals surface area contributed by atoms with Crippen LogP contribution in [0.3, 0.4) is 0 Å². The van der Waals surface area contributed by atoms with Gasteiger partial charge in [0.15, 0.2) is 0 Å². The Labute approximate surface area is 187 Å². The maximum Gasteiger partial charge on any atom is 0.407 e. The summed E-state index contributed by atoms with van der Waals surface area (Å²) >= 11 is 0. The number of non-ortho nitro benzene ring substituents is 1. The average molecular weight is 450 g/mol. The van der Waals surface area contributed by atoms with Gasteiger partial charge in [-0.3, -0.25) is 14.9 Å². The summed E-state index contributed by atoms with van der Waals surface area (Å²) in [5.74, 6) is -2.40. The number of benzene rings is 3. The number of carboxylic acid groups (broad SMARTS) is 1. The number of nitro groups is 1. The number of fused-ring (bicyclic) bond motifs is 3. The molecule has 0 bridgehead atoms. The number of carbonyl (C=O) groups is 2. The molecule has 0 spiro atoms. The van der Waals surface area contributed by atoms with E-state index in [-0.39, 0.29) is 18.1 Å². The quantitative estimate of drug-likeness (QED) is 0.395. The van der Waals surface area contributed by atoms with Crippen molar-refractivity contribution in [1.82, 2.24) is 5.32 Å². The standard InChI is InChI=1S/C24H19FN2O6/c25-21-10-9-14(27(31)32)11-19(21)22(12-23(28)29)26-24(30)33-13-20-17-7-3-1-5-15(17)16-6-2-4-8-18(16)20/h1-11,20,22H,12-13H2,(H,26,30)(H,28,29)/t22-/m0/s1. The Kier molecular flexibility index (Phi) is 6.03. The number of hydrogen-bond acceptors (Lipinski definition) is 5. The van der Waals surface area contributed by atoms with E-state index in [2.05, 4.69) is 5.32 Å². The summed E-state index contributed by atoms with van der Waals surface area (Å²) in [5, 5.41) is 22.6. The third kappa shape index (κ3) is 4.52. The largest absolute Gasteiger partial charge is 0.481 e. The first-order chi connectivity index (χ1) is 15.8. The van der Waals surface area contributed by atoms with E-state index in [4.69, 9.17) is 4.74 Å². The van der Waals surface area contributed by atoms with Crippen LogP contribution >= 0.6 is 0 Å². The van der Waals surface area contributed by atoms with Gasteiger partial charge in [0.05, 0.1) is 17.4 Å². The van der Waals surface area contributed by atoms with Gasteiger partial charge in [-0.1, -0.05) is 48.5 Å². The number of nitro benzene ring substituents is 1. The molecule has 4 rings (SSSR count). The van der Waals surface area contributed by atoms with E-state index >= 15 is 0 Å². The second-order valence-corrected chi connectivity index (χ2v) is 7.58. The van der Waals surface area contributed by atoms with Crippen LogP contribution < -0.4 is 5.32 Å². The number of rotatable bonds is 7. The van der Waals surface area contributed by atoms with Crippen LogP contribution in [0.2, 0.25) is 0 Å². The van der Waals surface area contributed by atoms with Gasteiger partial charge in [-0.2, -0.15) is 0 Å². The van der Waals surface area contributed by atoms with Gasteiger partial charge in [0.2, 0.25) is 0 Å². The summed E-state index contributed by atoms with van der Waals surface area (Å²) < 4.78 is 19.7. The number of carbonyl (C=O) groups excluding carboxylic acids is 1. The van der Waals surface area contributed by atoms with Gasteiger partial charge in [-0.25, -0.2) is 9.18 Å². The first kappa shape index (κ1) is 21.9. The van der Waals surface area contributed by atoms with E-state index < -0.39 is 41.0 Å². The highest BCUT2D eigenvalue weighted by atomic mass is 19.1. The minimum atomic E-state index is -1.35. The number of halogens is 1. The minimum Gasteiger partial charge on any atom is -0.481 e. The number of ether oxygens (including phenoxy) is 1. The van der Waals surface area contributed by atoms with Crippen LogP contribution in [-0.2, 0) is 9.53 Å². The van der Waals surface area contributed by atoms with Crippen molar-refractivity contribution in [2.45, 2.75) is 18.4 Å². The predicted molar refractivity (Wildman–Crippen MR) is 116 cm³/mol. The zero-order valence-electron chi connectivity index (χ0n) is 17.2. The Balaban J connectivity index is 1.52. The lowest BCUT2D eigenvalue weighted by Crippen LogP contribution is -2.32. The van der Waals surface area contributed by atoms with E-state index in [0.29, 0.717) is 0 Å². The number of hydrogen-bond donors (Lipinski definition) is 2. The summed E-state index contributed by atoms with van der Waals surface area (Å²) in [4.78, 5) is 34.1. The molecule has 0 aliphatic heterocycles. The average Bonchev–Trinajstić information content (AvgIpc) is 3.11. The van der Waals surface area contributed by atoms with Gasteiger partial charge >= 0.3 is 12.1 Å². The van der Waals surface area contributed by atoms with Crippen LogP contribution in [0.25, 0.3) is 11.1 Å². The van der Waals surface area contributed by atoms with Crippen molar-refractivity contribution < 1.29 is 28.7 Å². The number of carboxylic acids is 1. The molecule has 0 saturated carbocycles. The fourth-order valence-electron chi connectivity index (χ4n) is 4.11. The summed E-state index contributed by atoms with van der Waals surface area (Å²) in [7, 11) is 0. The molecular weight excluding hydrogens is 431 g/mol. The Morgan fingerprint density at radius 1 is 1.06 bits per heavy atom. The summed E-state index contributed by atoms with van der Waals surface area (Å²) in [6.07, 6.45) is -1.63. The molecule has 3 aromatic carbocycles. The molecule has 0 aromatic heterocycles. The van der Waals surface area contributed by atoms with Gasteiger partial charge in [-0.15, -0.1) is 0 Å². The molecular formula is C24H19FN2O6. The molecule has 0 heterocycles. The third-order valence-corrected chi connectivity index (χ3v) is 5.58. The molecule has 33 heavy (non-hydrogen) atoms. The molecule has 0 fully saturated rings. The van der Waals surface area contributed by atoms with E-state index in [9.17, 15) is 29.2 Å². The number of amides is 1. The third-order valence-electron chi connectivity index (χ3n) is 5.58. The Morgan fingerprint density at radius 3 is 2.24 bits per heavy atom. The normalized spacial score (nSPS) is 13.0. The van der Waals surface area contributed by atoms with Crippen LogP contribution in [0.5, 0.6) is 0 Å². The van der Waals surface area contributed by atoms with Gasteiger partial charge in [0, 0.05) is 23.6 Å². The highest BCUT2D eigenvalue weighted by molar-refractivity contribution is 5.79. The van der Waals surface area contributed by atoms with Gasteiger partial charge < -0.3 is 15.2 Å². The van der Waals surface area contributed by atoms with Crippen LogP contribution in [0.4, 0.5) is 14.9 Å². The second-order valence-electron chi connectivity index (χ2n) is 7.58. The van der Waals surface area contributed by atoms with Crippen LogP contribution in [0, 0.1) is 15.9 Å². The van der Waals surface area contributed by atoms with E-state index in [1.54, 1.807) is 0 Å². The molecule has 0 saturated heterocycles. The topological polar surface area (TPSA) is 119 Å². The summed E-state index contributed by atoms with van der Waals surface area (Å²) in [5.41, 5.74) is 3.36. The molecule has 1 aliphatic carbocycles. The summed E-state index contributed by atoms with van der Waals surface area (Å²) in [6.45, 7) is -0.0168. The van der Waals surface area contributed by atoms with Crippen molar-refractivity contribution in [1.29, 1.82) is 0 Å². The van der Waals surface area contributed by atoms with Crippen LogP contribution in [0.15, 0.2) is 66.7 Å². The monoisotopic (exact) mass is 450 g/mol. The molecule has 0 radical (unpaired) electrons. The fraction of sp³-hybridized carbons (Fsp3) is 0.167. The van der Waals surface area contributed by atoms with Crippen molar-refractivity contribution >= 4 is 17.7 Å². The first-order valence-corrected chi connectivity index (χ1v) is 10.1. The zero-order valence-corrected chi connectivity index (χ0v) is 17.2. The molecule has 1 aliphatic rings. The molecule has 2 N–H and O–H groups in total. The van der Waals surface area contributed by atoms with Crippen molar-refractivity contribution in [3.63, 3.8) is 0 Å². The second kappa shape index (κ2) is 9.07. The van der Waals surface area contributed by atoms with Crippen LogP contribution in [-0.4, -0.2) is 28.7 Å². The first-order valence-electron chi connectivity index (χ1n) is 10.1. The fourth-order valence-corrected chi connectivity index (χ4v) is 4.11. The minimum absolute atomic E-state index is 0.0168. The highest BCUT2D eigenvalue weighted by Gasteiger charge is 2.30. The highest BCUT2D eigenvalue weighted by Crippen LogP contribution is 2.44. The molecule has 9 heteroatoms. The molecule has 8 nitrogen and oxygen atoms in total. The number of nitrogens with zero attached hydrogens (tertiary/aromatic N) is 1. The molecule has 168 valence electrons. The van der Waals surface area contributed by atoms with Crippen LogP contribution in [0.1, 0.15) is 35.1 Å². The van der Waals surface area contributed by atoms with Crippen molar-refractivity contribution in [3.8, 4) is 11.1 Å². The van der Waals surface area contributed by atoms with Gasteiger partial charge in [0.1, 0.15) is 12.4 Å². The molecule has 3 aromatic rings. The molecule has 0 unspecified atom stereocenters. The van der Waals surface area contributed by atoms with Crippen molar-refractivity contribution in [2.75, 3.05) is 6.61 Å². The lowest BCUT2D eigenvalue weighted by Gasteiger charge is -2.19. The van der Waals surface area contributed by atoms with Gasteiger partial charge in [0.25, 0.3) is 5.69 Å². The van der Waals surface area contributed by atoms with Gasteiger partial charge in [-0.05, 0) is 28.3 Å². The van der Waals surface area contributed by atoms with E-state index in [1.165, 1.54) is 0 Å².